The zero-order valence-corrected chi connectivity index (χ0v) is 25.2. The highest BCUT2D eigenvalue weighted by molar-refractivity contribution is 7.92. The van der Waals surface area contributed by atoms with Crippen LogP contribution in [0.1, 0.15) is 51.5 Å². The van der Waals surface area contributed by atoms with Crippen LogP contribution in [0.4, 0.5) is 14.5 Å². The van der Waals surface area contributed by atoms with Crippen molar-refractivity contribution in [3.05, 3.63) is 90.0 Å². The van der Waals surface area contributed by atoms with E-state index in [0.717, 1.165) is 60.7 Å². The van der Waals surface area contributed by atoms with Crippen LogP contribution in [0.15, 0.2) is 77.7 Å². The quantitative estimate of drug-likeness (QED) is 0.294. The minimum Gasteiger partial charge on any atom is -0.494 e. The molecule has 0 spiro atoms. The molecule has 230 valence electrons. The van der Waals surface area contributed by atoms with Crippen molar-refractivity contribution in [3.63, 3.8) is 0 Å². The lowest BCUT2D eigenvalue weighted by atomic mass is 9.95. The predicted molar refractivity (Wildman–Crippen MR) is 160 cm³/mol. The maximum atomic E-state index is 14.0. The largest absolute Gasteiger partial charge is 0.494 e. The molecule has 1 atom stereocenters. The number of hydrogen-bond donors (Lipinski definition) is 1. The summed E-state index contributed by atoms with van der Waals surface area (Å²) in [7, 11) is -4.34. The summed E-state index contributed by atoms with van der Waals surface area (Å²) in [5.41, 5.74) is 0.753. The third kappa shape index (κ3) is 8.31. The monoisotopic (exact) mass is 613 g/mol. The van der Waals surface area contributed by atoms with Gasteiger partial charge in [-0.3, -0.25) is 13.9 Å². The number of nitrogens with one attached hydrogen (secondary N) is 1. The maximum absolute atomic E-state index is 14.0. The van der Waals surface area contributed by atoms with Gasteiger partial charge in [0, 0.05) is 12.6 Å². The van der Waals surface area contributed by atoms with Gasteiger partial charge in [0.05, 0.1) is 17.2 Å². The second-order valence-electron chi connectivity index (χ2n) is 10.6. The van der Waals surface area contributed by atoms with E-state index < -0.39 is 40.2 Å². The molecule has 0 saturated heterocycles. The fourth-order valence-electron chi connectivity index (χ4n) is 5.08. The van der Waals surface area contributed by atoms with E-state index in [-0.39, 0.29) is 29.1 Å². The van der Waals surface area contributed by atoms with Crippen molar-refractivity contribution < 1.29 is 31.5 Å². The number of benzene rings is 3. The minimum atomic E-state index is -4.34. The molecule has 11 heteroatoms. The van der Waals surface area contributed by atoms with E-state index in [1.54, 1.807) is 19.1 Å². The topological polar surface area (TPSA) is 96.0 Å². The number of sulfonamides is 1. The van der Waals surface area contributed by atoms with Gasteiger partial charge in [-0.1, -0.05) is 31.4 Å². The third-order valence-electron chi connectivity index (χ3n) is 7.50. The van der Waals surface area contributed by atoms with Crippen molar-refractivity contribution in [1.29, 1.82) is 0 Å². The Balaban J connectivity index is 1.67. The van der Waals surface area contributed by atoms with E-state index in [4.69, 9.17) is 4.74 Å². The maximum Gasteiger partial charge on any atom is 0.264 e. The van der Waals surface area contributed by atoms with E-state index in [1.165, 1.54) is 41.3 Å². The van der Waals surface area contributed by atoms with Crippen LogP contribution in [0.2, 0.25) is 0 Å². The van der Waals surface area contributed by atoms with Crippen molar-refractivity contribution in [1.82, 2.24) is 10.2 Å². The second-order valence-corrected chi connectivity index (χ2v) is 12.4. The number of halogens is 2. The summed E-state index contributed by atoms with van der Waals surface area (Å²) in [6.07, 6.45) is 4.84. The Kier molecular flexibility index (Phi) is 10.7. The van der Waals surface area contributed by atoms with Crippen LogP contribution in [0.5, 0.6) is 5.75 Å². The molecule has 1 unspecified atom stereocenters. The van der Waals surface area contributed by atoms with Gasteiger partial charge in [-0.25, -0.2) is 17.2 Å². The van der Waals surface area contributed by atoms with Gasteiger partial charge in [-0.05, 0) is 92.9 Å². The molecule has 43 heavy (non-hydrogen) atoms. The zero-order chi connectivity index (χ0) is 31.0. The number of ether oxygens (including phenoxy) is 1. The summed E-state index contributed by atoms with van der Waals surface area (Å²) in [5.74, 6) is -1.53. The molecule has 0 aromatic heterocycles. The van der Waals surface area contributed by atoms with Crippen LogP contribution >= 0.6 is 0 Å². The van der Waals surface area contributed by atoms with Crippen LogP contribution in [0, 0.1) is 11.6 Å². The summed E-state index contributed by atoms with van der Waals surface area (Å²) >= 11 is 0. The number of hydrogen-bond acceptors (Lipinski definition) is 5. The highest BCUT2D eigenvalue weighted by Gasteiger charge is 2.33. The molecule has 2 amide bonds. The van der Waals surface area contributed by atoms with Gasteiger partial charge in [0.15, 0.2) is 0 Å². The summed E-state index contributed by atoms with van der Waals surface area (Å²) in [6.45, 7) is 3.13. The molecule has 3 aromatic carbocycles. The molecule has 1 aliphatic carbocycles. The molecule has 8 nitrogen and oxygen atoms in total. The summed E-state index contributed by atoms with van der Waals surface area (Å²) in [6, 6.07) is 15.1. The average Bonchev–Trinajstić information content (AvgIpc) is 3.00. The first kappa shape index (κ1) is 31.9. The lowest BCUT2D eigenvalue weighted by molar-refractivity contribution is -0.139. The standard InChI is InChI=1S/C32H37F2N3O5S/c1-3-42-29-17-15-28(16-18-29)37(43(40,41)30-19-13-26(34)14-20-30)22-31(38)36(21-24-9-11-25(33)12-10-24)23(2)32(39)35-27-7-5-4-6-8-27/h9-20,23,27H,3-8,21-22H2,1-2H3,(H,35,39). The van der Waals surface area contributed by atoms with Gasteiger partial charge in [0.2, 0.25) is 11.8 Å². The lowest BCUT2D eigenvalue weighted by Gasteiger charge is -2.33. The molecule has 0 bridgehead atoms. The van der Waals surface area contributed by atoms with Gasteiger partial charge in [0.1, 0.15) is 30.0 Å². The number of rotatable bonds is 12. The van der Waals surface area contributed by atoms with Gasteiger partial charge >= 0.3 is 0 Å². The Hall–Kier alpha value is -3.99. The number of nitrogens with zero attached hydrogens (tertiary/aromatic N) is 2. The molecule has 0 aliphatic heterocycles. The first-order valence-corrected chi connectivity index (χ1v) is 15.9. The fraction of sp³-hybridized carbons (Fsp3) is 0.375. The van der Waals surface area contributed by atoms with Crippen molar-refractivity contribution in [2.45, 2.75) is 69.5 Å². The van der Waals surface area contributed by atoms with Gasteiger partial charge in [-0.15, -0.1) is 0 Å². The molecule has 1 aliphatic rings. The smallest absolute Gasteiger partial charge is 0.264 e. The highest BCUT2D eigenvalue weighted by Crippen LogP contribution is 2.27. The van der Waals surface area contributed by atoms with Crippen molar-refractivity contribution >= 4 is 27.5 Å². The molecule has 0 radical (unpaired) electrons. The van der Waals surface area contributed by atoms with Crippen LogP contribution in [0.3, 0.4) is 0 Å². The normalized spacial score (nSPS) is 14.5. The third-order valence-corrected chi connectivity index (χ3v) is 9.29. The Morgan fingerprint density at radius 1 is 0.907 bits per heavy atom. The van der Waals surface area contributed by atoms with E-state index in [9.17, 15) is 26.8 Å². The van der Waals surface area contributed by atoms with E-state index in [2.05, 4.69) is 5.32 Å². The fourth-order valence-corrected chi connectivity index (χ4v) is 6.49. The van der Waals surface area contributed by atoms with Crippen LogP contribution in [0.25, 0.3) is 0 Å². The molecule has 0 heterocycles. The summed E-state index contributed by atoms with van der Waals surface area (Å²) in [5, 5.41) is 3.04. The molecular weight excluding hydrogens is 576 g/mol. The Bertz CT molecular complexity index is 1480. The Labute approximate surface area is 251 Å². The van der Waals surface area contributed by atoms with Gasteiger partial charge in [0.25, 0.3) is 10.0 Å². The van der Waals surface area contributed by atoms with E-state index in [0.29, 0.717) is 17.9 Å². The van der Waals surface area contributed by atoms with E-state index in [1.807, 2.05) is 6.92 Å². The number of amides is 2. The van der Waals surface area contributed by atoms with Crippen LogP contribution in [-0.2, 0) is 26.2 Å². The summed E-state index contributed by atoms with van der Waals surface area (Å²) < 4.78 is 61.4. The lowest BCUT2D eigenvalue weighted by Crippen LogP contribution is -2.53. The van der Waals surface area contributed by atoms with E-state index >= 15 is 0 Å². The molecule has 4 rings (SSSR count). The summed E-state index contributed by atoms with van der Waals surface area (Å²) in [4.78, 5) is 28.5. The molecule has 3 aromatic rings. The zero-order valence-electron chi connectivity index (χ0n) is 24.3. The highest BCUT2D eigenvalue weighted by atomic mass is 32.2. The molecule has 1 saturated carbocycles. The van der Waals surface area contributed by atoms with Crippen molar-refractivity contribution in [3.8, 4) is 5.75 Å². The molecule has 1 fully saturated rings. The van der Waals surface area contributed by atoms with Crippen LogP contribution in [-0.4, -0.2) is 50.4 Å². The molecular formula is C32H37F2N3O5S. The Morgan fingerprint density at radius 3 is 2.07 bits per heavy atom. The number of anilines is 1. The Morgan fingerprint density at radius 2 is 1.49 bits per heavy atom. The first-order chi connectivity index (χ1) is 20.6. The second kappa shape index (κ2) is 14.5. The van der Waals surface area contributed by atoms with Crippen LogP contribution < -0.4 is 14.4 Å². The van der Waals surface area contributed by atoms with Crippen molar-refractivity contribution in [2.75, 3.05) is 17.5 Å². The van der Waals surface area contributed by atoms with Gasteiger partial charge in [-0.2, -0.15) is 0 Å². The first-order valence-electron chi connectivity index (χ1n) is 14.4. The van der Waals surface area contributed by atoms with Crippen molar-refractivity contribution in [2.24, 2.45) is 0 Å². The predicted octanol–water partition coefficient (Wildman–Crippen LogP) is 5.43. The average molecular weight is 614 g/mol. The number of carbonyl (C=O) groups excluding carboxylic acids is 2. The molecule has 1 N–H and O–H groups in total. The minimum absolute atomic E-state index is 0.00526. The number of carbonyl (C=O) groups is 2. The van der Waals surface area contributed by atoms with Gasteiger partial charge < -0.3 is 15.0 Å². The SMILES string of the molecule is CCOc1ccc(N(CC(=O)N(Cc2ccc(F)cc2)C(C)C(=O)NC2CCCCC2)S(=O)(=O)c2ccc(F)cc2)cc1.